The average molecular weight is 371 g/mol. The van der Waals surface area contributed by atoms with Crippen molar-refractivity contribution in [3.63, 3.8) is 0 Å². The molecule has 0 spiro atoms. The van der Waals surface area contributed by atoms with Gasteiger partial charge in [0.15, 0.2) is 0 Å². The van der Waals surface area contributed by atoms with Crippen LogP contribution in [0.15, 0.2) is 41.2 Å². The molecule has 6 heteroatoms. The van der Waals surface area contributed by atoms with Crippen LogP contribution in [0.3, 0.4) is 0 Å². The highest BCUT2D eigenvalue weighted by Crippen LogP contribution is 2.30. The van der Waals surface area contributed by atoms with Gasteiger partial charge < -0.3 is 4.90 Å². The molecule has 0 aliphatic carbocycles. The summed E-state index contributed by atoms with van der Waals surface area (Å²) in [5.74, 6) is 0.149. The summed E-state index contributed by atoms with van der Waals surface area (Å²) >= 11 is 1.57. The van der Waals surface area contributed by atoms with Crippen molar-refractivity contribution in [3.8, 4) is 0 Å². The van der Waals surface area contributed by atoms with Crippen LogP contribution in [0.4, 0.5) is 4.39 Å². The predicted molar refractivity (Wildman–Crippen MR) is 101 cm³/mol. The minimum atomic E-state index is -0.218. The minimum absolute atomic E-state index is 0.0895. The van der Waals surface area contributed by atoms with Gasteiger partial charge >= 0.3 is 0 Å². The summed E-state index contributed by atoms with van der Waals surface area (Å²) in [4.78, 5) is 21.6. The topological polar surface area (TPSA) is 36.4 Å². The molecule has 0 unspecified atom stereocenters. The van der Waals surface area contributed by atoms with Crippen molar-refractivity contribution in [1.29, 1.82) is 0 Å². The third-order valence-corrected chi connectivity index (χ3v) is 5.86. The molecule has 3 aliphatic rings. The smallest absolute Gasteiger partial charge is 0.227 e. The summed E-state index contributed by atoms with van der Waals surface area (Å²) in [7, 11) is 0. The lowest BCUT2D eigenvalue weighted by molar-refractivity contribution is -0.140. The number of hydrogen-bond donors (Lipinski definition) is 0. The fourth-order valence-corrected chi connectivity index (χ4v) is 4.44. The highest BCUT2D eigenvalue weighted by atomic mass is 32.1. The van der Waals surface area contributed by atoms with Gasteiger partial charge in [0.1, 0.15) is 5.82 Å². The zero-order valence-corrected chi connectivity index (χ0v) is 15.4. The van der Waals surface area contributed by atoms with E-state index in [1.54, 1.807) is 23.5 Å². The van der Waals surface area contributed by atoms with Gasteiger partial charge in [0.2, 0.25) is 5.91 Å². The molecule has 0 radical (unpaired) electrons. The van der Waals surface area contributed by atoms with E-state index in [1.807, 2.05) is 21.9 Å². The van der Waals surface area contributed by atoms with Gasteiger partial charge in [-0.1, -0.05) is 24.3 Å². The van der Waals surface area contributed by atoms with Crippen molar-refractivity contribution in [3.05, 3.63) is 58.3 Å². The molecule has 2 bridgehead atoms. The molecule has 4 heterocycles. The molecule has 3 fully saturated rings. The third kappa shape index (κ3) is 3.86. The van der Waals surface area contributed by atoms with Crippen LogP contribution >= 0.6 is 11.3 Å². The standard InChI is InChI=1S/C20H22FN3OS/c21-17-6-3-15(4-7-17)2-1-9-23-10-16-5-8-19(12-23)24(20(16)25)11-18-13-26-14-22-18/h1-4,6-7,13-14,16,19H,5,8-12H2/t16-,19+/m0/s1. The van der Waals surface area contributed by atoms with Crippen molar-refractivity contribution in [2.45, 2.75) is 25.4 Å². The number of carbonyl (C=O) groups excluding carboxylic acids is 1. The summed E-state index contributed by atoms with van der Waals surface area (Å²) < 4.78 is 13.0. The van der Waals surface area contributed by atoms with Crippen molar-refractivity contribution in [2.75, 3.05) is 19.6 Å². The number of fused-ring (bicyclic) bond motifs is 4. The summed E-state index contributed by atoms with van der Waals surface area (Å²) in [6.45, 7) is 3.15. The average Bonchev–Trinajstić information content (AvgIpc) is 3.02. The molecule has 3 aliphatic heterocycles. The molecule has 0 saturated carbocycles. The number of piperidine rings is 1. The Morgan fingerprint density at radius 1 is 1.23 bits per heavy atom. The van der Waals surface area contributed by atoms with E-state index in [0.29, 0.717) is 6.54 Å². The first-order valence-corrected chi connectivity index (χ1v) is 9.95. The number of carbonyl (C=O) groups is 1. The number of halogens is 1. The van der Waals surface area contributed by atoms with Gasteiger partial charge in [-0.2, -0.15) is 0 Å². The fraction of sp³-hybridized carbons (Fsp3) is 0.400. The summed E-state index contributed by atoms with van der Waals surface area (Å²) in [5.41, 5.74) is 3.80. The molecule has 5 rings (SSSR count). The highest BCUT2D eigenvalue weighted by Gasteiger charge is 2.40. The van der Waals surface area contributed by atoms with Gasteiger partial charge in [-0.3, -0.25) is 9.69 Å². The Kier molecular flexibility index (Phi) is 5.13. The number of thiazole rings is 1. The van der Waals surface area contributed by atoms with Crippen LogP contribution < -0.4 is 0 Å². The van der Waals surface area contributed by atoms with E-state index in [0.717, 1.165) is 43.7 Å². The Hall–Kier alpha value is -2.05. The summed E-state index contributed by atoms with van der Waals surface area (Å²) in [6, 6.07) is 6.76. The second kappa shape index (κ2) is 7.68. The van der Waals surface area contributed by atoms with Crippen LogP contribution in [0.25, 0.3) is 6.08 Å². The molecular weight excluding hydrogens is 349 g/mol. The number of amides is 1. The Morgan fingerprint density at radius 2 is 2.08 bits per heavy atom. The molecule has 1 aromatic carbocycles. The molecule has 26 heavy (non-hydrogen) atoms. The summed E-state index contributed by atoms with van der Waals surface area (Å²) in [5, 5.41) is 2.02. The fourth-order valence-electron chi connectivity index (χ4n) is 3.89. The van der Waals surface area contributed by atoms with Gasteiger partial charge in [-0.05, 0) is 30.5 Å². The van der Waals surface area contributed by atoms with Crippen LogP contribution in [0, 0.1) is 11.7 Å². The van der Waals surface area contributed by atoms with E-state index in [-0.39, 0.29) is 23.7 Å². The Balaban J connectivity index is 1.40. The zero-order valence-electron chi connectivity index (χ0n) is 14.6. The van der Waals surface area contributed by atoms with E-state index in [4.69, 9.17) is 0 Å². The van der Waals surface area contributed by atoms with Gasteiger partial charge in [0.25, 0.3) is 0 Å². The first-order chi connectivity index (χ1) is 12.7. The molecule has 1 amide bonds. The molecule has 2 atom stereocenters. The molecule has 0 N–H and O–H groups in total. The van der Waals surface area contributed by atoms with Crippen LogP contribution in [-0.2, 0) is 11.3 Å². The quantitative estimate of drug-likeness (QED) is 0.808. The first kappa shape index (κ1) is 17.4. The van der Waals surface area contributed by atoms with Crippen molar-refractivity contribution < 1.29 is 9.18 Å². The van der Waals surface area contributed by atoms with E-state index in [2.05, 4.69) is 16.0 Å². The normalized spacial score (nSPS) is 23.7. The Bertz CT molecular complexity index is 775. The third-order valence-electron chi connectivity index (χ3n) is 5.23. The largest absolute Gasteiger partial charge is 0.332 e. The van der Waals surface area contributed by atoms with Crippen molar-refractivity contribution >= 4 is 23.3 Å². The van der Waals surface area contributed by atoms with Crippen molar-refractivity contribution in [1.82, 2.24) is 14.8 Å². The predicted octanol–water partition coefficient (Wildman–Crippen LogP) is 3.42. The van der Waals surface area contributed by atoms with Gasteiger partial charge in [-0.15, -0.1) is 11.3 Å². The maximum absolute atomic E-state index is 13.0. The minimum Gasteiger partial charge on any atom is -0.332 e. The Morgan fingerprint density at radius 3 is 2.85 bits per heavy atom. The van der Waals surface area contributed by atoms with Crippen LogP contribution in [0.1, 0.15) is 24.1 Å². The number of aromatic nitrogens is 1. The Labute approximate surface area is 157 Å². The molecule has 3 saturated heterocycles. The van der Waals surface area contributed by atoms with Gasteiger partial charge in [-0.25, -0.2) is 9.37 Å². The van der Waals surface area contributed by atoms with Gasteiger partial charge in [0, 0.05) is 31.1 Å². The maximum atomic E-state index is 13.0. The van der Waals surface area contributed by atoms with E-state index in [1.165, 1.54) is 12.1 Å². The monoisotopic (exact) mass is 371 g/mol. The van der Waals surface area contributed by atoms with Crippen LogP contribution in [-0.4, -0.2) is 46.4 Å². The van der Waals surface area contributed by atoms with E-state index >= 15 is 0 Å². The number of rotatable bonds is 5. The lowest BCUT2D eigenvalue weighted by Gasteiger charge is -2.35. The molecule has 2 aromatic rings. The number of benzene rings is 1. The lowest BCUT2D eigenvalue weighted by atomic mass is 9.94. The van der Waals surface area contributed by atoms with Crippen LogP contribution in [0.2, 0.25) is 0 Å². The molecule has 136 valence electrons. The SMILES string of the molecule is O=C1[C@H]2CC[C@H](CN(CC=Cc3ccc(F)cc3)C2)N1Cc1cscn1. The highest BCUT2D eigenvalue weighted by molar-refractivity contribution is 7.07. The number of hydrogen-bond acceptors (Lipinski definition) is 4. The van der Waals surface area contributed by atoms with E-state index < -0.39 is 0 Å². The zero-order chi connectivity index (χ0) is 17.9. The van der Waals surface area contributed by atoms with Crippen LogP contribution in [0.5, 0.6) is 0 Å². The van der Waals surface area contributed by atoms with Gasteiger partial charge in [0.05, 0.1) is 23.7 Å². The van der Waals surface area contributed by atoms with Crippen molar-refractivity contribution in [2.24, 2.45) is 5.92 Å². The second-order valence-electron chi connectivity index (χ2n) is 7.05. The summed E-state index contributed by atoms with van der Waals surface area (Å²) in [6.07, 6.45) is 6.17. The molecular formula is C20H22FN3OS. The first-order valence-electron chi connectivity index (χ1n) is 9.01. The maximum Gasteiger partial charge on any atom is 0.227 e. The van der Waals surface area contributed by atoms with E-state index in [9.17, 15) is 9.18 Å². The number of nitrogens with zero attached hydrogens (tertiary/aromatic N) is 3. The molecule has 1 aromatic heterocycles. The lowest BCUT2D eigenvalue weighted by Crippen LogP contribution is -2.47. The molecule has 4 nitrogen and oxygen atoms in total. The second-order valence-corrected chi connectivity index (χ2v) is 7.77.